The summed E-state index contributed by atoms with van der Waals surface area (Å²) < 4.78 is 7.62. The van der Waals surface area contributed by atoms with Gasteiger partial charge in [-0.1, -0.05) is 43.3 Å². The minimum Gasteiger partial charge on any atom is -0.484 e. The second-order valence-corrected chi connectivity index (χ2v) is 9.07. The highest BCUT2D eigenvalue weighted by molar-refractivity contribution is 5.91. The molecule has 186 valence electrons. The minimum atomic E-state index is 0.00767. The number of amides is 1. The predicted molar refractivity (Wildman–Crippen MR) is 141 cm³/mol. The SMILES string of the molecule is CCCc1nc(N2CCCN(C(=O)COc3ccccc3)CC2)c2c(C)nn(-c3ccccc3)c2n1. The van der Waals surface area contributed by atoms with Crippen molar-refractivity contribution in [1.29, 1.82) is 0 Å². The fourth-order valence-electron chi connectivity index (χ4n) is 4.65. The van der Waals surface area contributed by atoms with Crippen molar-refractivity contribution < 1.29 is 9.53 Å². The highest BCUT2D eigenvalue weighted by Crippen LogP contribution is 2.30. The van der Waals surface area contributed by atoms with Crippen LogP contribution in [0.5, 0.6) is 5.75 Å². The van der Waals surface area contributed by atoms with Crippen LogP contribution >= 0.6 is 0 Å². The number of para-hydroxylation sites is 2. The quantitative estimate of drug-likeness (QED) is 0.391. The van der Waals surface area contributed by atoms with Crippen molar-refractivity contribution in [1.82, 2.24) is 24.6 Å². The standard InChI is InChI=1S/C28H32N6O2/c1-3-11-24-29-27(26-21(2)31-34(28(26)30-24)22-12-6-4-7-13-22)33-17-10-16-32(18-19-33)25(35)20-36-23-14-8-5-9-15-23/h4-9,12-15H,3,10-11,16-20H2,1-2H3. The fraction of sp³-hybridized carbons (Fsp3) is 0.357. The molecule has 8 nitrogen and oxygen atoms in total. The second-order valence-electron chi connectivity index (χ2n) is 9.07. The van der Waals surface area contributed by atoms with E-state index >= 15 is 0 Å². The van der Waals surface area contributed by atoms with E-state index in [4.69, 9.17) is 19.8 Å². The Hall–Kier alpha value is -3.94. The summed E-state index contributed by atoms with van der Waals surface area (Å²) >= 11 is 0. The van der Waals surface area contributed by atoms with Gasteiger partial charge in [0.05, 0.1) is 16.8 Å². The molecule has 0 aliphatic carbocycles. The third kappa shape index (κ3) is 5.03. The summed E-state index contributed by atoms with van der Waals surface area (Å²) in [5, 5.41) is 5.82. The molecule has 8 heteroatoms. The molecule has 0 radical (unpaired) electrons. The van der Waals surface area contributed by atoms with Crippen LogP contribution in [-0.4, -0.2) is 63.3 Å². The van der Waals surface area contributed by atoms with Crippen molar-refractivity contribution in [2.45, 2.75) is 33.1 Å². The Balaban J connectivity index is 1.40. The van der Waals surface area contributed by atoms with Gasteiger partial charge in [0, 0.05) is 32.6 Å². The van der Waals surface area contributed by atoms with Gasteiger partial charge in [0.2, 0.25) is 0 Å². The number of aryl methyl sites for hydroxylation is 2. The summed E-state index contributed by atoms with van der Waals surface area (Å²) in [5.41, 5.74) is 2.72. The van der Waals surface area contributed by atoms with Gasteiger partial charge >= 0.3 is 0 Å². The van der Waals surface area contributed by atoms with E-state index in [2.05, 4.69) is 11.8 Å². The van der Waals surface area contributed by atoms with Gasteiger partial charge in [-0.15, -0.1) is 0 Å². The zero-order chi connectivity index (χ0) is 24.9. The topological polar surface area (TPSA) is 76.4 Å². The van der Waals surface area contributed by atoms with Crippen LogP contribution in [0.4, 0.5) is 5.82 Å². The number of hydrogen-bond acceptors (Lipinski definition) is 6. The van der Waals surface area contributed by atoms with E-state index in [-0.39, 0.29) is 12.5 Å². The molecular weight excluding hydrogens is 452 g/mol. The maximum Gasteiger partial charge on any atom is 0.260 e. The Kier molecular flexibility index (Phi) is 7.11. The molecule has 1 fully saturated rings. The maximum absolute atomic E-state index is 12.9. The van der Waals surface area contributed by atoms with Crippen molar-refractivity contribution in [3.63, 3.8) is 0 Å². The molecule has 0 bridgehead atoms. The van der Waals surface area contributed by atoms with E-state index in [1.54, 1.807) is 0 Å². The molecule has 3 heterocycles. The Morgan fingerprint density at radius 3 is 2.44 bits per heavy atom. The maximum atomic E-state index is 12.9. The Labute approximate surface area is 211 Å². The lowest BCUT2D eigenvalue weighted by atomic mass is 10.2. The zero-order valence-electron chi connectivity index (χ0n) is 20.9. The number of carbonyl (C=O) groups excluding carboxylic acids is 1. The molecule has 0 unspecified atom stereocenters. The molecule has 4 aromatic rings. The van der Waals surface area contributed by atoms with Gasteiger partial charge in [0.25, 0.3) is 5.91 Å². The number of nitrogens with zero attached hydrogens (tertiary/aromatic N) is 6. The highest BCUT2D eigenvalue weighted by Gasteiger charge is 2.25. The van der Waals surface area contributed by atoms with E-state index in [0.29, 0.717) is 25.4 Å². The number of hydrogen-bond donors (Lipinski definition) is 0. The number of benzene rings is 2. The first-order valence-electron chi connectivity index (χ1n) is 12.7. The molecule has 5 rings (SSSR count). The second kappa shape index (κ2) is 10.8. The van der Waals surface area contributed by atoms with Gasteiger partial charge in [-0.25, -0.2) is 14.6 Å². The van der Waals surface area contributed by atoms with Crippen LogP contribution in [0.3, 0.4) is 0 Å². The van der Waals surface area contributed by atoms with E-state index in [9.17, 15) is 4.79 Å². The van der Waals surface area contributed by atoms with E-state index in [1.165, 1.54) is 0 Å². The summed E-state index contributed by atoms with van der Waals surface area (Å²) in [6, 6.07) is 19.6. The van der Waals surface area contributed by atoms with Gasteiger partial charge in [-0.3, -0.25) is 4.79 Å². The molecular formula is C28H32N6O2. The van der Waals surface area contributed by atoms with Crippen LogP contribution in [0.15, 0.2) is 60.7 Å². The van der Waals surface area contributed by atoms with E-state index in [0.717, 1.165) is 59.9 Å². The van der Waals surface area contributed by atoms with Crippen LogP contribution in [0.25, 0.3) is 16.7 Å². The molecule has 1 amide bonds. The van der Waals surface area contributed by atoms with Gasteiger partial charge < -0.3 is 14.5 Å². The average molecular weight is 485 g/mol. The smallest absolute Gasteiger partial charge is 0.260 e. The van der Waals surface area contributed by atoms with Crippen LogP contribution in [0.1, 0.15) is 31.3 Å². The number of anilines is 1. The summed E-state index contributed by atoms with van der Waals surface area (Å²) in [6.07, 6.45) is 2.63. The molecule has 1 saturated heterocycles. The summed E-state index contributed by atoms with van der Waals surface area (Å²) in [7, 11) is 0. The largest absolute Gasteiger partial charge is 0.484 e. The molecule has 2 aromatic carbocycles. The van der Waals surface area contributed by atoms with Crippen molar-refractivity contribution in [2.24, 2.45) is 0 Å². The van der Waals surface area contributed by atoms with Gasteiger partial charge in [0.1, 0.15) is 17.4 Å². The Bertz CT molecular complexity index is 1320. The summed E-state index contributed by atoms with van der Waals surface area (Å²) in [4.78, 5) is 27.0. The number of carbonyl (C=O) groups is 1. The molecule has 36 heavy (non-hydrogen) atoms. The lowest BCUT2D eigenvalue weighted by Gasteiger charge is -2.24. The van der Waals surface area contributed by atoms with Crippen molar-refractivity contribution in [2.75, 3.05) is 37.7 Å². The number of fused-ring (bicyclic) bond motifs is 1. The first-order valence-corrected chi connectivity index (χ1v) is 12.7. The van der Waals surface area contributed by atoms with Crippen LogP contribution in [0.2, 0.25) is 0 Å². The van der Waals surface area contributed by atoms with E-state index < -0.39 is 0 Å². The Morgan fingerprint density at radius 1 is 0.944 bits per heavy atom. The van der Waals surface area contributed by atoms with Crippen molar-refractivity contribution in [3.05, 3.63) is 72.2 Å². The van der Waals surface area contributed by atoms with Crippen LogP contribution in [0, 0.1) is 6.92 Å². The van der Waals surface area contributed by atoms with Gasteiger partial charge in [-0.05, 0) is 44.0 Å². The monoisotopic (exact) mass is 484 g/mol. The van der Waals surface area contributed by atoms with E-state index in [1.807, 2.05) is 77.2 Å². The molecule has 0 atom stereocenters. The van der Waals surface area contributed by atoms with Gasteiger partial charge in [0.15, 0.2) is 12.3 Å². The highest BCUT2D eigenvalue weighted by atomic mass is 16.5. The number of ether oxygens (including phenoxy) is 1. The number of rotatable bonds is 7. The molecule has 0 N–H and O–H groups in total. The third-order valence-electron chi connectivity index (χ3n) is 6.46. The summed E-state index contributed by atoms with van der Waals surface area (Å²) in [6.45, 7) is 7.04. The minimum absolute atomic E-state index is 0.00767. The molecule has 0 saturated carbocycles. The van der Waals surface area contributed by atoms with Gasteiger partial charge in [-0.2, -0.15) is 5.10 Å². The van der Waals surface area contributed by atoms with Crippen molar-refractivity contribution in [3.8, 4) is 11.4 Å². The predicted octanol–water partition coefficient (Wildman–Crippen LogP) is 4.19. The average Bonchev–Trinajstić information content (AvgIpc) is 3.07. The summed E-state index contributed by atoms with van der Waals surface area (Å²) in [5.74, 6) is 2.46. The van der Waals surface area contributed by atoms with Crippen LogP contribution in [-0.2, 0) is 11.2 Å². The third-order valence-corrected chi connectivity index (χ3v) is 6.46. The molecule has 0 spiro atoms. The zero-order valence-corrected chi connectivity index (χ0v) is 20.9. The lowest BCUT2D eigenvalue weighted by Crippen LogP contribution is -2.38. The number of aromatic nitrogens is 4. The lowest BCUT2D eigenvalue weighted by molar-refractivity contribution is -0.133. The molecule has 2 aromatic heterocycles. The molecule has 1 aliphatic rings. The molecule has 1 aliphatic heterocycles. The first kappa shape index (κ1) is 23.8. The van der Waals surface area contributed by atoms with Crippen molar-refractivity contribution >= 4 is 22.8 Å². The fourth-order valence-corrected chi connectivity index (χ4v) is 4.65. The Morgan fingerprint density at radius 2 is 1.69 bits per heavy atom. The normalized spacial score (nSPS) is 14.2. The first-order chi connectivity index (χ1) is 17.6. The van der Waals surface area contributed by atoms with Crippen LogP contribution < -0.4 is 9.64 Å².